The largest absolute Gasteiger partial charge is 0.378 e. The quantitative estimate of drug-likeness (QED) is 0.629. The van der Waals surface area contributed by atoms with E-state index in [0.29, 0.717) is 0 Å². The number of rotatable bonds is 1. The fourth-order valence-electron chi connectivity index (χ4n) is 0.697. The van der Waals surface area contributed by atoms with Crippen molar-refractivity contribution >= 4 is 11.8 Å². The van der Waals surface area contributed by atoms with E-state index in [2.05, 4.69) is 32.6 Å². The molecule has 1 fully saturated rings. The van der Waals surface area contributed by atoms with Crippen molar-refractivity contribution in [3.8, 4) is 11.8 Å². The Morgan fingerprint density at radius 2 is 2.00 bits per heavy atom. The summed E-state index contributed by atoms with van der Waals surface area (Å²) < 4.78 is 0.279. The first-order valence-electron chi connectivity index (χ1n) is 4.28. The van der Waals surface area contributed by atoms with Crippen LogP contribution in [0.1, 0.15) is 33.6 Å². The molecule has 1 N–H and O–H groups in total. The molecule has 1 aliphatic rings. The summed E-state index contributed by atoms with van der Waals surface area (Å²) >= 11 is 1.82. The highest BCUT2D eigenvalue weighted by Crippen LogP contribution is 2.34. The van der Waals surface area contributed by atoms with Crippen LogP contribution in [0.4, 0.5) is 0 Å². The molecule has 0 aromatic carbocycles. The Morgan fingerprint density at radius 1 is 1.42 bits per heavy atom. The van der Waals surface area contributed by atoms with Crippen LogP contribution in [0.2, 0.25) is 0 Å². The van der Waals surface area contributed by atoms with Crippen LogP contribution >= 0.6 is 11.8 Å². The molecule has 0 heterocycles. The van der Waals surface area contributed by atoms with Gasteiger partial charge in [-0.1, -0.05) is 32.6 Å². The van der Waals surface area contributed by atoms with E-state index in [0.717, 1.165) is 18.6 Å². The molecule has 68 valence electrons. The van der Waals surface area contributed by atoms with Crippen LogP contribution < -0.4 is 0 Å². The van der Waals surface area contributed by atoms with Gasteiger partial charge < -0.3 is 5.11 Å². The summed E-state index contributed by atoms with van der Waals surface area (Å²) in [6.45, 7) is 6.52. The van der Waals surface area contributed by atoms with Gasteiger partial charge in [0.15, 0.2) is 0 Å². The lowest BCUT2D eigenvalue weighted by atomic mass is 10.3. The van der Waals surface area contributed by atoms with E-state index in [9.17, 15) is 5.11 Å². The molecule has 0 aliphatic heterocycles. The van der Waals surface area contributed by atoms with Gasteiger partial charge in [-0.25, -0.2) is 0 Å². The van der Waals surface area contributed by atoms with Crippen LogP contribution in [0, 0.1) is 11.8 Å². The number of hydrogen-bond acceptors (Lipinski definition) is 2. The monoisotopic (exact) mass is 184 g/mol. The van der Waals surface area contributed by atoms with Gasteiger partial charge in [0, 0.05) is 4.75 Å². The molecule has 0 amide bonds. The Labute approximate surface area is 78.9 Å². The molecular weight excluding hydrogens is 168 g/mol. The minimum absolute atomic E-state index is 0.279. The first kappa shape index (κ1) is 9.95. The zero-order chi connectivity index (χ0) is 9.24. The molecule has 0 aromatic heterocycles. The van der Waals surface area contributed by atoms with Gasteiger partial charge in [0.2, 0.25) is 0 Å². The van der Waals surface area contributed by atoms with Crippen molar-refractivity contribution in [2.24, 2.45) is 0 Å². The SMILES string of the molecule is CC(C)(C)SCC#CC1(O)CC1. The van der Waals surface area contributed by atoms with Gasteiger partial charge in [-0.2, -0.15) is 0 Å². The van der Waals surface area contributed by atoms with Crippen LogP contribution in [0.3, 0.4) is 0 Å². The van der Waals surface area contributed by atoms with Crippen LogP contribution in [-0.2, 0) is 0 Å². The smallest absolute Gasteiger partial charge is 0.125 e. The number of thioether (sulfide) groups is 1. The molecule has 1 saturated carbocycles. The molecule has 0 atom stereocenters. The second kappa shape index (κ2) is 3.32. The van der Waals surface area contributed by atoms with Crippen molar-refractivity contribution in [2.45, 2.75) is 44.0 Å². The van der Waals surface area contributed by atoms with E-state index in [1.807, 2.05) is 11.8 Å². The minimum Gasteiger partial charge on any atom is -0.378 e. The summed E-state index contributed by atoms with van der Waals surface area (Å²) in [4.78, 5) is 0. The molecule has 2 heteroatoms. The lowest BCUT2D eigenvalue weighted by molar-refractivity contribution is 0.212. The topological polar surface area (TPSA) is 20.2 Å². The third-order valence-corrected chi connectivity index (χ3v) is 2.78. The molecule has 0 unspecified atom stereocenters. The highest BCUT2D eigenvalue weighted by molar-refractivity contribution is 8.00. The third kappa shape index (κ3) is 4.04. The molecule has 0 saturated heterocycles. The van der Waals surface area contributed by atoms with E-state index in [1.165, 1.54) is 0 Å². The van der Waals surface area contributed by atoms with E-state index in [4.69, 9.17) is 0 Å². The van der Waals surface area contributed by atoms with Gasteiger partial charge in [0.25, 0.3) is 0 Å². The first-order valence-corrected chi connectivity index (χ1v) is 5.26. The van der Waals surface area contributed by atoms with E-state index in [1.54, 1.807) is 0 Å². The van der Waals surface area contributed by atoms with Gasteiger partial charge in [0.05, 0.1) is 5.75 Å². The maximum Gasteiger partial charge on any atom is 0.125 e. The minimum atomic E-state index is -0.599. The van der Waals surface area contributed by atoms with Crippen molar-refractivity contribution in [3.63, 3.8) is 0 Å². The Balaban J connectivity index is 2.20. The average Bonchev–Trinajstić information content (AvgIpc) is 2.60. The summed E-state index contributed by atoms with van der Waals surface area (Å²) in [6.07, 6.45) is 1.72. The van der Waals surface area contributed by atoms with Crippen LogP contribution in [0.25, 0.3) is 0 Å². The maximum absolute atomic E-state index is 9.38. The summed E-state index contributed by atoms with van der Waals surface area (Å²) in [6, 6.07) is 0. The Hall–Kier alpha value is -0.130. The summed E-state index contributed by atoms with van der Waals surface area (Å²) in [5, 5.41) is 9.38. The van der Waals surface area contributed by atoms with E-state index in [-0.39, 0.29) is 4.75 Å². The summed E-state index contributed by atoms with van der Waals surface area (Å²) in [5.41, 5.74) is -0.599. The molecule has 0 radical (unpaired) electrons. The number of aliphatic hydroxyl groups is 1. The summed E-state index contributed by atoms with van der Waals surface area (Å²) in [7, 11) is 0. The molecule has 1 rings (SSSR count). The first-order chi connectivity index (χ1) is 5.41. The van der Waals surface area contributed by atoms with Crippen LogP contribution in [0.15, 0.2) is 0 Å². The standard InChI is InChI=1S/C10H16OS/c1-9(2,3)12-8-4-5-10(11)6-7-10/h11H,6-8H2,1-3H3. The normalized spacial score (nSPS) is 19.7. The molecule has 0 bridgehead atoms. The lowest BCUT2D eigenvalue weighted by Gasteiger charge is -2.14. The number of hydrogen-bond donors (Lipinski definition) is 1. The maximum atomic E-state index is 9.38. The van der Waals surface area contributed by atoms with E-state index >= 15 is 0 Å². The highest BCUT2D eigenvalue weighted by Gasteiger charge is 2.38. The molecule has 1 aliphatic carbocycles. The lowest BCUT2D eigenvalue weighted by Crippen LogP contribution is -2.08. The predicted molar refractivity (Wildman–Crippen MR) is 54.2 cm³/mol. The van der Waals surface area contributed by atoms with Gasteiger partial charge in [-0.05, 0) is 12.8 Å². The van der Waals surface area contributed by atoms with Crippen molar-refractivity contribution in [1.82, 2.24) is 0 Å². The van der Waals surface area contributed by atoms with Crippen LogP contribution in [0.5, 0.6) is 0 Å². The average molecular weight is 184 g/mol. The Bertz CT molecular complexity index is 212. The summed E-state index contributed by atoms with van der Waals surface area (Å²) in [5.74, 6) is 6.72. The molecular formula is C10H16OS. The highest BCUT2D eigenvalue weighted by atomic mass is 32.2. The fraction of sp³-hybridized carbons (Fsp3) is 0.800. The third-order valence-electron chi connectivity index (χ3n) is 1.62. The molecule has 1 nitrogen and oxygen atoms in total. The zero-order valence-electron chi connectivity index (χ0n) is 7.98. The Kier molecular flexibility index (Phi) is 2.75. The zero-order valence-corrected chi connectivity index (χ0v) is 8.79. The molecule has 0 spiro atoms. The molecule has 0 aromatic rings. The van der Waals surface area contributed by atoms with Crippen molar-refractivity contribution in [1.29, 1.82) is 0 Å². The second-order valence-corrected chi connectivity index (χ2v) is 6.04. The van der Waals surface area contributed by atoms with Crippen LogP contribution in [-0.4, -0.2) is 21.2 Å². The second-order valence-electron chi connectivity index (χ2n) is 4.23. The Morgan fingerprint density at radius 3 is 2.42 bits per heavy atom. The predicted octanol–water partition coefficient (Wildman–Crippen LogP) is 2.05. The van der Waals surface area contributed by atoms with Gasteiger partial charge in [-0.15, -0.1) is 11.8 Å². The van der Waals surface area contributed by atoms with Gasteiger partial charge in [-0.3, -0.25) is 0 Å². The van der Waals surface area contributed by atoms with Gasteiger partial charge >= 0.3 is 0 Å². The van der Waals surface area contributed by atoms with Crippen molar-refractivity contribution in [3.05, 3.63) is 0 Å². The van der Waals surface area contributed by atoms with Gasteiger partial charge in [0.1, 0.15) is 5.60 Å². The van der Waals surface area contributed by atoms with Crippen molar-refractivity contribution < 1.29 is 5.11 Å². The van der Waals surface area contributed by atoms with Crippen molar-refractivity contribution in [2.75, 3.05) is 5.75 Å². The van der Waals surface area contributed by atoms with E-state index < -0.39 is 5.60 Å². The fourth-order valence-corrected chi connectivity index (χ4v) is 1.27. The molecule has 12 heavy (non-hydrogen) atoms.